The van der Waals surface area contributed by atoms with Crippen LogP contribution < -0.4 is 10.1 Å². The van der Waals surface area contributed by atoms with Crippen molar-refractivity contribution in [3.05, 3.63) is 28.8 Å². The molecule has 0 bridgehead atoms. The number of ether oxygens (including phenoxy) is 2. The van der Waals surface area contributed by atoms with Crippen LogP contribution in [-0.4, -0.2) is 31.9 Å². The quantitative estimate of drug-likeness (QED) is 0.872. The van der Waals surface area contributed by atoms with Crippen molar-refractivity contribution in [3.8, 4) is 5.75 Å². The van der Waals surface area contributed by atoms with Crippen molar-refractivity contribution in [3.63, 3.8) is 0 Å². The third kappa shape index (κ3) is 4.11. The van der Waals surface area contributed by atoms with Gasteiger partial charge in [-0.2, -0.15) is 0 Å². The second kappa shape index (κ2) is 7.30. The van der Waals surface area contributed by atoms with E-state index in [2.05, 4.69) is 19.2 Å². The largest absolute Gasteiger partial charge is 0.487 e. The second-order valence-electron chi connectivity index (χ2n) is 5.65. The monoisotopic (exact) mass is 297 g/mol. The number of benzene rings is 1. The van der Waals surface area contributed by atoms with Gasteiger partial charge in [0.2, 0.25) is 0 Å². The van der Waals surface area contributed by atoms with Gasteiger partial charge in [-0.3, -0.25) is 0 Å². The fraction of sp³-hybridized carbons (Fsp3) is 0.625. The second-order valence-corrected chi connectivity index (χ2v) is 6.06. The van der Waals surface area contributed by atoms with Gasteiger partial charge in [-0.05, 0) is 45.9 Å². The van der Waals surface area contributed by atoms with Crippen LogP contribution in [0.4, 0.5) is 0 Å². The fourth-order valence-electron chi connectivity index (χ4n) is 2.43. The first-order chi connectivity index (χ1) is 9.58. The molecule has 1 heterocycles. The van der Waals surface area contributed by atoms with Gasteiger partial charge in [-0.15, -0.1) is 0 Å². The van der Waals surface area contributed by atoms with E-state index in [0.717, 1.165) is 35.8 Å². The molecular weight excluding hydrogens is 274 g/mol. The van der Waals surface area contributed by atoms with E-state index in [-0.39, 0.29) is 12.2 Å². The van der Waals surface area contributed by atoms with Crippen LogP contribution in [-0.2, 0) is 4.74 Å². The van der Waals surface area contributed by atoms with Crippen molar-refractivity contribution in [2.45, 2.75) is 39.4 Å². The number of halogens is 1. The maximum atomic E-state index is 6.21. The number of rotatable bonds is 6. The molecule has 20 heavy (non-hydrogen) atoms. The SMILES string of the molecule is Cc1c(Cl)cccc1O[C@@H](COC(C)C)[C@@H]1CCNC1. The van der Waals surface area contributed by atoms with Gasteiger partial charge in [0.25, 0.3) is 0 Å². The van der Waals surface area contributed by atoms with Gasteiger partial charge in [0, 0.05) is 23.0 Å². The molecule has 1 saturated heterocycles. The third-order valence-corrected chi connectivity index (χ3v) is 4.12. The van der Waals surface area contributed by atoms with E-state index in [1.807, 2.05) is 25.1 Å². The van der Waals surface area contributed by atoms with Crippen LogP contribution in [0, 0.1) is 12.8 Å². The number of nitrogens with one attached hydrogen (secondary N) is 1. The first kappa shape index (κ1) is 15.6. The lowest BCUT2D eigenvalue weighted by atomic mass is 10.0. The molecule has 1 fully saturated rings. The van der Waals surface area contributed by atoms with Crippen molar-refractivity contribution in [2.24, 2.45) is 5.92 Å². The molecule has 0 aromatic heterocycles. The van der Waals surface area contributed by atoms with Crippen LogP contribution in [0.25, 0.3) is 0 Å². The van der Waals surface area contributed by atoms with Crippen molar-refractivity contribution in [2.75, 3.05) is 19.7 Å². The molecule has 0 radical (unpaired) electrons. The summed E-state index contributed by atoms with van der Waals surface area (Å²) < 4.78 is 12.0. The van der Waals surface area contributed by atoms with Crippen molar-refractivity contribution in [1.82, 2.24) is 5.32 Å². The van der Waals surface area contributed by atoms with Crippen LogP contribution >= 0.6 is 11.6 Å². The molecule has 0 amide bonds. The maximum absolute atomic E-state index is 6.21. The summed E-state index contributed by atoms with van der Waals surface area (Å²) in [5, 5.41) is 4.14. The zero-order valence-electron chi connectivity index (χ0n) is 12.5. The first-order valence-electron chi connectivity index (χ1n) is 7.32. The zero-order chi connectivity index (χ0) is 14.5. The van der Waals surface area contributed by atoms with Crippen molar-refractivity contribution in [1.29, 1.82) is 0 Å². The van der Waals surface area contributed by atoms with Gasteiger partial charge in [0.05, 0.1) is 12.7 Å². The predicted molar refractivity (Wildman–Crippen MR) is 82.7 cm³/mol. The van der Waals surface area contributed by atoms with Crippen LogP contribution in [0.1, 0.15) is 25.8 Å². The normalized spacial score (nSPS) is 20.4. The summed E-state index contributed by atoms with van der Waals surface area (Å²) in [6, 6.07) is 5.80. The number of hydrogen-bond donors (Lipinski definition) is 1. The van der Waals surface area contributed by atoms with E-state index < -0.39 is 0 Å². The van der Waals surface area contributed by atoms with E-state index >= 15 is 0 Å². The summed E-state index contributed by atoms with van der Waals surface area (Å²) in [4.78, 5) is 0. The Balaban J connectivity index is 2.07. The molecule has 112 valence electrons. The Morgan fingerprint density at radius 2 is 2.20 bits per heavy atom. The van der Waals surface area contributed by atoms with Gasteiger partial charge >= 0.3 is 0 Å². The Kier molecular flexibility index (Phi) is 5.70. The van der Waals surface area contributed by atoms with Gasteiger partial charge < -0.3 is 14.8 Å². The summed E-state index contributed by atoms with van der Waals surface area (Å²) in [6.07, 6.45) is 1.42. The molecule has 3 nitrogen and oxygen atoms in total. The van der Waals surface area contributed by atoms with E-state index in [1.165, 1.54) is 0 Å². The lowest BCUT2D eigenvalue weighted by molar-refractivity contribution is -0.00390. The smallest absolute Gasteiger partial charge is 0.126 e. The molecule has 4 heteroatoms. The highest BCUT2D eigenvalue weighted by atomic mass is 35.5. The first-order valence-corrected chi connectivity index (χ1v) is 7.70. The summed E-state index contributed by atoms with van der Waals surface area (Å²) in [5.74, 6) is 1.36. The molecule has 1 N–H and O–H groups in total. The third-order valence-electron chi connectivity index (χ3n) is 3.71. The standard InChI is InChI=1S/C16H24ClNO2/c1-11(2)19-10-16(13-7-8-18-9-13)20-15-6-4-5-14(17)12(15)3/h4-6,11,13,16,18H,7-10H2,1-3H3/t13-,16+/m1/s1. The molecule has 0 spiro atoms. The molecule has 1 aromatic carbocycles. The highest BCUT2D eigenvalue weighted by Crippen LogP contribution is 2.28. The highest BCUT2D eigenvalue weighted by Gasteiger charge is 2.27. The maximum Gasteiger partial charge on any atom is 0.126 e. The Hall–Kier alpha value is -0.770. The molecule has 0 aliphatic carbocycles. The average molecular weight is 298 g/mol. The van der Waals surface area contributed by atoms with Gasteiger partial charge in [-0.25, -0.2) is 0 Å². The molecule has 1 aromatic rings. The van der Waals surface area contributed by atoms with E-state index in [9.17, 15) is 0 Å². The van der Waals surface area contributed by atoms with E-state index in [1.54, 1.807) is 0 Å². The number of hydrogen-bond acceptors (Lipinski definition) is 3. The van der Waals surface area contributed by atoms with Gasteiger partial charge in [0.15, 0.2) is 0 Å². The van der Waals surface area contributed by atoms with Crippen LogP contribution in [0.3, 0.4) is 0 Å². The predicted octanol–water partition coefficient (Wildman–Crippen LogP) is 3.43. The topological polar surface area (TPSA) is 30.5 Å². The molecular formula is C16H24ClNO2. The Labute approximate surface area is 126 Å². The fourth-order valence-corrected chi connectivity index (χ4v) is 2.59. The minimum atomic E-state index is 0.0737. The summed E-state index contributed by atoms with van der Waals surface area (Å²) >= 11 is 6.16. The molecule has 1 aliphatic rings. The van der Waals surface area contributed by atoms with Crippen LogP contribution in [0.2, 0.25) is 5.02 Å². The summed E-state index contributed by atoms with van der Waals surface area (Å²) in [5.41, 5.74) is 0.995. The van der Waals surface area contributed by atoms with Gasteiger partial charge in [0.1, 0.15) is 11.9 Å². The van der Waals surface area contributed by atoms with Crippen LogP contribution in [0.5, 0.6) is 5.75 Å². The zero-order valence-corrected chi connectivity index (χ0v) is 13.2. The minimum absolute atomic E-state index is 0.0737. The van der Waals surface area contributed by atoms with E-state index in [4.69, 9.17) is 21.1 Å². The van der Waals surface area contributed by atoms with Crippen molar-refractivity contribution >= 4 is 11.6 Å². The molecule has 0 unspecified atom stereocenters. The molecule has 0 saturated carbocycles. The van der Waals surface area contributed by atoms with Gasteiger partial charge in [-0.1, -0.05) is 17.7 Å². The molecule has 1 aliphatic heterocycles. The van der Waals surface area contributed by atoms with Crippen molar-refractivity contribution < 1.29 is 9.47 Å². The van der Waals surface area contributed by atoms with Crippen LogP contribution in [0.15, 0.2) is 18.2 Å². The Morgan fingerprint density at radius 1 is 1.40 bits per heavy atom. The minimum Gasteiger partial charge on any atom is -0.487 e. The highest BCUT2D eigenvalue weighted by molar-refractivity contribution is 6.31. The lowest BCUT2D eigenvalue weighted by Crippen LogP contribution is -2.34. The lowest BCUT2D eigenvalue weighted by Gasteiger charge is -2.26. The van der Waals surface area contributed by atoms with E-state index in [0.29, 0.717) is 12.5 Å². The molecule has 2 atom stereocenters. The summed E-state index contributed by atoms with van der Waals surface area (Å²) in [7, 11) is 0. The summed E-state index contributed by atoms with van der Waals surface area (Å²) in [6.45, 7) is 8.76. The Bertz CT molecular complexity index is 430. The average Bonchev–Trinajstić information content (AvgIpc) is 2.93. The molecule has 2 rings (SSSR count). The Morgan fingerprint density at radius 3 is 2.85 bits per heavy atom.